The molecule has 0 aliphatic rings. The lowest BCUT2D eigenvalue weighted by molar-refractivity contribution is 0.829. The first-order valence-corrected chi connectivity index (χ1v) is 5.98. The van der Waals surface area contributed by atoms with Crippen LogP contribution in [0.1, 0.15) is 18.1 Å². The lowest BCUT2D eigenvalue weighted by atomic mass is 10.1. The molecule has 0 radical (unpaired) electrons. The van der Waals surface area contributed by atoms with E-state index in [1.165, 1.54) is 5.56 Å². The molecule has 3 nitrogen and oxygen atoms in total. The monoisotopic (exact) mass is 237 g/mol. The van der Waals surface area contributed by atoms with Gasteiger partial charge < -0.3 is 4.90 Å². The molecule has 0 aliphatic heterocycles. The van der Waals surface area contributed by atoms with Crippen molar-refractivity contribution in [2.75, 3.05) is 11.4 Å². The Balaban J connectivity index is 2.27. The zero-order valence-electron chi connectivity index (χ0n) is 10.4. The summed E-state index contributed by atoms with van der Waals surface area (Å²) in [5, 5.41) is 9.11. The summed E-state index contributed by atoms with van der Waals surface area (Å²) in [5.41, 5.74) is 2.80. The maximum absolute atomic E-state index is 9.11. The van der Waals surface area contributed by atoms with Gasteiger partial charge in [0, 0.05) is 25.5 Å². The Morgan fingerprint density at radius 1 is 1.22 bits per heavy atom. The summed E-state index contributed by atoms with van der Waals surface area (Å²) in [6.45, 7) is 3.74. The third-order valence-electron chi connectivity index (χ3n) is 2.86. The van der Waals surface area contributed by atoms with Crippen molar-refractivity contribution in [3.63, 3.8) is 0 Å². The number of nitrogens with zero attached hydrogens (tertiary/aromatic N) is 3. The van der Waals surface area contributed by atoms with Crippen LogP contribution in [-0.4, -0.2) is 11.5 Å². The molecular formula is C15H15N3. The van der Waals surface area contributed by atoms with Crippen LogP contribution in [0.25, 0.3) is 0 Å². The Morgan fingerprint density at radius 3 is 2.67 bits per heavy atom. The van der Waals surface area contributed by atoms with Gasteiger partial charge in [-0.25, -0.2) is 0 Å². The smallest absolute Gasteiger partial charge is 0.103 e. The average Bonchev–Trinajstić information content (AvgIpc) is 2.46. The highest BCUT2D eigenvalue weighted by Gasteiger charge is 2.09. The number of rotatable bonds is 4. The summed E-state index contributed by atoms with van der Waals surface area (Å²) in [6, 6.07) is 14.3. The summed E-state index contributed by atoms with van der Waals surface area (Å²) in [6.07, 6.45) is 3.34. The third kappa shape index (κ3) is 2.67. The minimum absolute atomic E-state index is 0.621. The van der Waals surface area contributed by atoms with Gasteiger partial charge in [0.1, 0.15) is 6.07 Å². The van der Waals surface area contributed by atoms with E-state index >= 15 is 0 Å². The third-order valence-corrected chi connectivity index (χ3v) is 2.86. The van der Waals surface area contributed by atoms with Crippen molar-refractivity contribution in [1.29, 1.82) is 5.26 Å². The van der Waals surface area contributed by atoms with E-state index in [0.717, 1.165) is 18.8 Å². The highest BCUT2D eigenvalue weighted by Crippen LogP contribution is 2.20. The van der Waals surface area contributed by atoms with Crippen LogP contribution in [-0.2, 0) is 6.54 Å². The number of pyridine rings is 1. The molecule has 1 heterocycles. The Labute approximate surface area is 107 Å². The van der Waals surface area contributed by atoms with Crippen molar-refractivity contribution in [3.05, 3.63) is 59.9 Å². The first-order valence-electron chi connectivity index (χ1n) is 5.98. The Bertz CT molecular complexity index is 543. The van der Waals surface area contributed by atoms with E-state index < -0.39 is 0 Å². The molecule has 1 aromatic carbocycles. The van der Waals surface area contributed by atoms with Crippen LogP contribution < -0.4 is 4.90 Å². The van der Waals surface area contributed by atoms with E-state index in [1.807, 2.05) is 24.3 Å². The van der Waals surface area contributed by atoms with Crippen LogP contribution in [0.4, 0.5) is 5.69 Å². The average molecular weight is 237 g/mol. The van der Waals surface area contributed by atoms with Crippen LogP contribution >= 0.6 is 0 Å². The maximum Gasteiger partial charge on any atom is 0.103 e. The molecule has 0 fully saturated rings. The fourth-order valence-corrected chi connectivity index (χ4v) is 1.92. The predicted octanol–water partition coefficient (Wildman–Crippen LogP) is 2.98. The summed E-state index contributed by atoms with van der Waals surface area (Å²) in [7, 11) is 0. The molecule has 90 valence electrons. The van der Waals surface area contributed by atoms with Crippen LogP contribution in [0, 0.1) is 11.3 Å². The van der Waals surface area contributed by atoms with Crippen molar-refractivity contribution in [1.82, 2.24) is 4.98 Å². The fourth-order valence-electron chi connectivity index (χ4n) is 1.92. The minimum atomic E-state index is 0.621. The van der Waals surface area contributed by atoms with Gasteiger partial charge in [-0.1, -0.05) is 30.3 Å². The molecule has 0 saturated heterocycles. The van der Waals surface area contributed by atoms with Crippen molar-refractivity contribution in [2.45, 2.75) is 13.5 Å². The summed E-state index contributed by atoms with van der Waals surface area (Å²) in [4.78, 5) is 6.17. The molecule has 1 aromatic heterocycles. The first-order chi connectivity index (χ1) is 8.85. The lowest BCUT2D eigenvalue weighted by Gasteiger charge is -2.23. The van der Waals surface area contributed by atoms with E-state index in [1.54, 1.807) is 12.4 Å². The molecule has 0 aliphatic carbocycles. The Hall–Kier alpha value is -2.34. The van der Waals surface area contributed by atoms with Gasteiger partial charge in [-0.2, -0.15) is 5.26 Å². The fraction of sp³-hybridized carbons (Fsp3) is 0.200. The molecule has 18 heavy (non-hydrogen) atoms. The second kappa shape index (κ2) is 5.83. The van der Waals surface area contributed by atoms with Gasteiger partial charge in [0.05, 0.1) is 11.3 Å². The Morgan fingerprint density at radius 2 is 2.00 bits per heavy atom. The normalized spacial score (nSPS) is 9.78. The molecule has 2 rings (SSSR count). The second-order valence-corrected chi connectivity index (χ2v) is 4.00. The van der Waals surface area contributed by atoms with E-state index in [4.69, 9.17) is 5.26 Å². The first kappa shape index (κ1) is 12.1. The zero-order valence-corrected chi connectivity index (χ0v) is 10.4. The molecular weight excluding hydrogens is 222 g/mol. The minimum Gasteiger partial charge on any atom is -0.366 e. The van der Waals surface area contributed by atoms with Crippen LogP contribution in [0.2, 0.25) is 0 Å². The van der Waals surface area contributed by atoms with E-state index in [-0.39, 0.29) is 0 Å². The standard InChI is InChI=1S/C15H15N3/c1-2-18(12-13-6-4-3-5-7-13)15-8-9-17-11-14(15)10-16/h3-9,11H,2,12H2,1H3. The number of hydrogen-bond acceptors (Lipinski definition) is 3. The molecule has 0 bridgehead atoms. The van der Waals surface area contributed by atoms with Crippen LogP contribution in [0.3, 0.4) is 0 Å². The van der Waals surface area contributed by atoms with Gasteiger partial charge in [0.2, 0.25) is 0 Å². The van der Waals surface area contributed by atoms with Crippen molar-refractivity contribution in [3.8, 4) is 6.07 Å². The predicted molar refractivity (Wildman–Crippen MR) is 72.1 cm³/mol. The lowest BCUT2D eigenvalue weighted by Crippen LogP contribution is -2.22. The van der Waals surface area contributed by atoms with Crippen LogP contribution in [0.5, 0.6) is 0 Å². The van der Waals surface area contributed by atoms with E-state index in [9.17, 15) is 0 Å². The maximum atomic E-state index is 9.11. The summed E-state index contributed by atoms with van der Waals surface area (Å²) < 4.78 is 0. The highest BCUT2D eigenvalue weighted by atomic mass is 15.1. The largest absolute Gasteiger partial charge is 0.366 e. The van der Waals surface area contributed by atoms with Crippen LogP contribution in [0.15, 0.2) is 48.8 Å². The van der Waals surface area contributed by atoms with E-state index in [0.29, 0.717) is 5.56 Å². The number of nitriles is 1. The second-order valence-electron chi connectivity index (χ2n) is 4.00. The van der Waals surface area contributed by atoms with Gasteiger partial charge in [0.25, 0.3) is 0 Å². The number of benzene rings is 1. The number of aromatic nitrogens is 1. The zero-order chi connectivity index (χ0) is 12.8. The Kier molecular flexibility index (Phi) is 3.93. The SMILES string of the molecule is CCN(Cc1ccccc1)c1ccncc1C#N. The summed E-state index contributed by atoms with van der Waals surface area (Å²) >= 11 is 0. The van der Waals surface area contributed by atoms with Gasteiger partial charge in [-0.15, -0.1) is 0 Å². The van der Waals surface area contributed by atoms with Crippen molar-refractivity contribution in [2.24, 2.45) is 0 Å². The molecule has 0 N–H and O–H groups in total. The molecule has 0 atom stereocenters. The molecule has 3 heteroatoms. The topological polar surface area (TPSA) is 39.9 Å². The van der Waals surface area contributed by atoms with Gasteiger partial charge >= 0.3 is 0 Å². The molecule has 0 unspecified atom stereocenters. The van der Waals surface area contributed by atoms with Crippen molar-refractivity contribution < 1.29 is 0 Å². The van der Waals surface area contributed by atoms with E-state index in [2.05, 4.69) is 35.0 Å². The molecule has 0 spiro atoms. The number of hydrogen-bond donors (Lipinski definition) is 0. The van der Waals surface area contributed by atoms with Gasteiger partial charge in [-0.3, -0.25) is 4.98 Å². The van der Waals surface area contributed by atoms with Gasteiger partial charge in [0.15, 0.2) is 0 Å². The number of anilines is 1. The highest BCUT2D eigenvalue weighted by molar-refractivity contribution is 5.58. The van der Waals surface area contributed by atoms with Gasteiger partial charge in [-0.05, 0) is 18.6 Å². The summed E-state index contributed by atoms with van der Waals surface area (Å²) in [5.74, 6) is 0. The van der Waals surface area contributed by atoms with Crippen molar-refractivity contribution >= 4 is 5.69 Å². The quantitative estimate of drug-likeness (QED) is 0.820. The molecule has 2 aromatic rings. The molecule has 0 amide bonds. The molecule has 0 saturated carbocycles.